The predicted molar refractivity (Wildman–Crippen MR) is 82.1 cm³/mol. The number of H-pyrrole nitrogens is 1. The Morgan fingerprint density at radius 2 is 2.35 bits per heavy atom. The Kier molecular flexibility index (Phi) is 5.41. The minimum Gasteiger partial charge on any atom is -0.395 e. The van der Waals surface area contributed by atoms with Crippen molar-refractivity contribution in [2.24, 2.45) is 0 Å². The van der Waals surface area contributed by atoms with E-state index in [0.29, 0.717) is 11.6 Å². The number of aromatic nitrogens is 2. The van der Waals surface area contributed by atoms with Crippen molar-refractivity contribution in [1.82, 2.24) is 9.97 Å². The number of aliphatic hydroxyl groups excluding tert-OH is 1. The fraction of sp³-hybridized carbons (Fsp3) is 0.286. The first kappa shape index (κ1) is 14.9. The van der Waals surface area contributed by atoms with E-state index < -0.39 is 0 Å². The summed E-state index contributed by atoms with van der Waals surface area (Å²) in [6.45, 7) is 1.89. The second-order valence-electron chi connectivity index (χ2n) is 4.06. The molecule has 2 N–H and O–H groups in total. The van der Waals surface area contributed by atoms with Gasteiger partial charge in [-0.05, 0) is 13.0 Å². The molecule has 2 aromatic heterocycles. The molecule has 4 nitrogen and oxygen atoms in total. The number of aliphatic hydroxyl groups is 1. The lowest BCUT2D eigenvalue weighted by Crippen LogP contribution is -2.07. The molecule has 6 heteroatoms. The number of nitrogens with zero attached hydrogens (tertiary/aromatic N) is 1. The van der Waals surface area contributed by atoms with Crippen molar-refractivity contribution >= 4 is 23.1 Å². The molecule has 0 saturated heterocycles. The molecule has 0 aromatic carbocycles. The highest BCUT2D eigenvalue weighted by Gasteiger charge is 2.02. The Balaban J connectivity index is 1.98. The van der Waals surface area contributed by atoms with Crippen LogP contribution in [0.3, 0.4) is 0 Å². The summed E-state index contributed by atoms with van der Waals surface area (Å²) < 4.78 is 0. The Morgan fingerprint density at radius 3 is 3.10 bits per heavy atom. The summed E-state index contributed by atoms with van der Waals surface area (Å²) in [6.07, 6.45) is 0.494. The van der Waals surface area contributed by atoms with E-state index in [1.54, 1.807) is 18.3 Å². The van der Waals surface area contributed by atoms with Crippen LogP contribution in [-0.2, 0) is 5.75 Å². The van der Waals surface area contributed by atoms with Gasteiger partial charge in [0.25, 0.3) is 5.56 Å². The van der Waals surface area contributed by atoms with Crippen LogP contribution in [0.4, 0.5) is 0 Å². The monoisotopic (exact) mass is 306 g/mol. The Bertz CT molecular complexity index is 695. The predicted octanol–water partition coefficient (Wildman–Crippen LogP) is 2.17. The number of thiophene rings is 1. The Labute approximate surface area is 125 Å². The van der Waals surface area contributed by atoms with Gasteiger partial charge in [0.05, 0.1) is 6.61 Å². The van der Waals surface area contributed by atoms with Crippen LogP contribution in [0, 0.1) is 18.8 Å². The lowest BCUT2D eigenvalue weighted by atomic mass is 10.3. The van der Waals surface area contributed by atoms with Crippen LogP contribution in [0.15, 0.2) is 27.5 Å². The summed E-state index contributed by atoms with van der Waals surface area (Å²) in [5.74, 6) is 6.64. The van der Waals surface area contributed by atoms with Crippen LogP contribution in [0.1, 0.15) is 22.6 Å². The van der Waals surface area contributed by atoms with Crippen LogP contribution >= 0.6 is 23.1 Å². The molecule has 2 heterocycles. The van der Waals surface area contributed by atoms with Crippen LogP contribution in [0.2, 0.25) is 0 Å². The molecule has 0 aliphatic heterocycles. The number of hydrogen-bond donors (Lipinski definition) is 2. The van der Waals surface area contributed by atoms with Crippen LogP contribution in [0.25, 0.3) is 0 Å². The van der Waals surface area contributed by atoms with Gasteiger partial charge in [0.1, 0.15) is 0 Å². The van der Waals surface area contributed by atoms with E-state index in [1.165, 1.54) is 22.7 Å². The van der Waals surface area contributed by atoms with Crippen LogP contribution in [-0.4, -0.2) is 21.7 Å². The summed E-state index contributed by atoms with van der Waals surface area (Å²) in [5.41, 5.74) is 1.56. The molecule has 0 aliphatic rings. The van der Waals surface area contributed by atoms with E-state index in [9.17, 15) is 4.79 Å². The third-order valence-corrected chi connectivity index (χ3v) is 4.36. The standard InChI is InChI=1S/C14H14N2O2S2/c1-10-6-13(18)16-14(15-10)20-9-12-7-11(8-19-12)4-2-3-5-17/h6-8,17H,3,5,9H2,1H3,(H,15,16,18). The molecule has 0 aliphatic carbocycles. The van der Waals surface area contributed by atoms with Gasteiger partial charge in [0, 0.05) is 39.8 Å². The van der Waals surface area contributed by atoms with Crippen LogP contribution < -0.4 is 5.56 Å². The van der Waals surface area contributed by atoms with Gasteiger partial charge in [-0.25, -0.2) is 4.98 Å². The Hall–Kier alpha value is -1.55. The zero-order valence-corrected chi connectivity index (χ0v) is 12.6. The SMILES string of the molecule is Cc1cc(=O)[nH]c(SCc2cc(C#CCCO)cs2)n1. The average Bonchev–Trinajstić information content (AvgIpc) is 2.84. The summed E-state index contributed by atoms with van der Waals surface area (Å²) in [4.78, 5) is 19.5. The third-order valence-electron chi connectivity index (χ3n) is 2.32. The number of rotatable bonds is 4. The molecule has 0 atom stereocenters. The van der Waals surface area contributed by atoms with Gasteiger partial charge in [0.2, 0.25) is 0 Å². The topological polar surface area (TPSA) is 66.0 Å². The second kappa shape index (κ2) is 7.29. The molecule has 0 bridgehead atoms. The average molecular weight is 306 g/mol. The van der Waals surface area contributed by atoms with Crippen LogP contribution in [0.5, 0.6) is 0 Å². The summed E-state index contributed by atoms with van der Waals surface area (Å²) >= 11 is 3.13. The maximum absolute atomic E-state index is 11.3. The lowest BCUT2D eigenvalue weighted by molar-refractivity contribution is 0.305. The number of aryl methyl sites for hydroxylation is 1. The van der Waals surface area contributed by atoms with Gasteiger partial charge in [-0.15, -0.1) is 11.3 Å². The third kappa shape index (κ3) is 4.53. The van der Waals surface area contributed by atoms with Crippen molar-refractivity contribution in [1.29, 1.82) is 0 Å². The molecule has 2 rings (SSSR count). The smallest absolute Gasteiger partial charge is 0.251 e. The molecule has 0 saturated carbocycles. The van der Waals surface area contributed by atoms with Crippen molar-refractivity contribution in [3.63, 3.8) is 0 Å². The molecule has 2 aromatic rings. The van der Waals surface area contributed by atoms with Gasteiger partial charge in [0.15, 0.2) is 5.16 Å². The maximum Gasteiger partial charge on any atom is 0.251 e. The molecule has 0 fully saturated rings. The highest BCUT2D eigenvalue weighted by molar-refractivity contribution is 7.98. The van der Waals surface area contributed by atoms with E-state index >= 15 is 0 Å². The van der Waals surface area contributed by atoms with Crippen molar-refractivity contribution in [2.45, 2.75) is 24.3 Å². The number of aromatic amines is 1. The van der Waals surface area contributed by atoms with Gasteiger partial charge < -0.3 is 10.1 Å². The normalized spacial score (nSPS) is 10.1. The number of thioether (sulfide) groups is 1. The first-order chi connectivity index (χ1) is 9.67. The van der Waals surface area contributed by atoms with Crippen molar-refractivity contribution in [3.8, 4) is 11.8 Å². The largest absolute Gasteiger partial charge is 0.395 e. The molecule has 0 amide bonds. The van der Waals surface area contributed by atoms with E-state index in [1.807, 2.05) is 11.4 Å². The highest BCUT2D eigenvalue weighted by atomic mass is 32.2. The molecular weight excluding hydrogens is 292 g/mol. The van der Waals surface area contributed by atoms with E-state index in [-0.39, 0.29) is 12.2 Å². The first-order valence-corrected chi connectivity index (χ1v) is 7.92. The minimum absolute atomic E-state index is 0.0895. The second-order valence-corrected chi connectivity index (χ2v) is 6.02. The number of hydrogen-bond acceptors (Lipinski definition) is 5. The van der Waals surface area contributed by atoms with E-state index in [0.717, 1.165) is 17.0 Å². The quantitative estimate of drug-likeness (QED) is 0.516. The minimum atomic E-state index is -0.123. The lowest BCUT2D eigenvalue weighted by Gasteiger charge is -1.99. The van der Waals surface area contributed by atoms with Gasteiger partial charge in [-0.1, -0.05) is 23.6 Å². The summed E-state index contributed by atoms with van der Waals surface area (Å²) in [7, 11) is 0. The van der Waals surface area contributed by atoms with Gasteiger partial charge >= 0.3 is 0 Å². The molecular formula is C14H14N2O2S2. The first-order valence-electron chi connectivity index (χ1n) is 6.05. The number of nitrogens with one attached hydrogen (secondary N) is 1. The molecule has 0 radical (unpaired) electrons. The fourth-order valence-corrected chi connectivity index (χ4v) is 3.29. The molecule has 0 spiro atoms. The summed E-state index contributed by atoms with van der Waals surface area (Å²) in [5, 5.41) is 11.3. The van der Waals surface area contributed by atoms with E-state index in [2.05, 4.69) is 21.8 Å². The van der Waals surface area contributed by atoms with E-state index in [4.69, 9.17) is 5.11 Å². The van der Waals surface area contributed by atoms with Gasteiger partial charge in [-0.3, -0.25) is 4.79 Å². The highest BCUT2D eigenvalue weighted by Crippen LogP contribution is 2.23. The van der Waals surface area contributed by atoms with Crippen molar-refractivity contribution in [3.05, 3.63) is 44.0 Å². The zero-order valence-electron chi connectivity index (χ0n) is 11.0. The molecule has 104 valence electrons. The maximum atomic E-state index is 11.3. The molecule has 20 heavy (non-hydrogen) atoms. The van der Waals surface area contributed by atoms with Crippen molar-refractivity contribution in [2.75, 3.05) is 6.61 Å². The van der Waals surface area contributed by atoms with Gasteiger partial charge in [-0.2, -0.15) is 0 Å². The summed E-state index contributed by atoms with van der Waals surface area (Å²) in [6, 6.07) is 3.50. The Morgan fingerprint density at radius 1 is 1.50 bits per heavy atom. The molecule has 0 unspecified atom stereocenters. The van der Waals surface area contributed by atoms with Crippen molar-refractivity contribution < 1.29 is 5.11 Å². The zero-order chi connectivity index (χ0) is 14.4. The fourth-order valence-electron chi connectivity index (χ4n) is 1.50.